The second-order valence-electron chi connectivity index (χ2n) is 13.3. The number of aromatic nitrogens is 4. The Labute approximate surface area is 314 Å². The van der Waals surface area contributed by atoms with Gasteiger partial charge < -0.3 is 19.5 Å². The Morgan fingerprint density at radius 1 is 0.704 bits per heavy atom. The SMILES string of the molecule is COc1ccc(S(=O)(=O)CC(=O)Nc2c3c(cc4c2CCC4)CCC3)nn1.COc1ccc(S(N)(=O)=O)nn1.N#COc1c2c(cc3c1CCC3)CCC2. The number of amides is 1. The number of hydrogen-bond acceptors (Lipinski definition) is 13. The summed E-state index contributed by atoms with van der Waals surface area (Å²) in [6, 6.07) is 9.91. The number of nitrogens with one attached hydrogen (secondary N) is 1. The van der Waals surface area contributed by atoms with Crippen molar-refractivity contribution in [3.63, 3.8) is 0 Å². The number of primary sulfonamides is 1. The van der Waals surface area contributed by atoms with Crippen molar-refractivity contribution in [2.24, 2.45) is 5.14 Å². The van der Waals surface area contributed by atoms with E-state index in [0.717, 1.165) is 75.6 Å². The van der Waals surface area contributed by atoms with Crippen LogP contribution in [0.2, 0.25) is 0 Å². The van der Waals surface area contributed by atoms with E-state index in [1.807, 2.05) is 6.26 Å². The van der Waals surface area contributed by atoms with Crippen LogP contribution in [0.25, 0.3) is 0 Å². The van der Waals surface area contributed by atoms with Gasteiger partial charge in [0, 0.05) is 17.8 Å². The van der Waals surface area contributed by atoms with E-state index in [9.17, 15) is 21.6 Å². The molecule has 2 aromatic carbocycles. The number of anilines is 1. The Bertz CT molecular complexity index is 2250. The number of methoxy groups -OCH3 is 2. The first-order valence-electron chi connectivity index (χ1n) is 17.6. The lowest BCUT2D eigenvalue weighted by atomic mass is 9.98. The van der Waals surface area contributed by atoms with Crippen LogP contribution in [0.3, 0.4) is 0 Å². The standard InChI is InChI=1S/C19H21N3O4S.C13H13NO.C5H7N3O3S/c1-26-17-8-9-18(22-21-17)27(24,25)11-16(23)20-19-14-6-2-4-12(14)10-13-5-3-7-15(13)19;14-8-15-13-11-5-1-3-9(11)7-10-4-2-6-12(10)13;1-11-4-2-3-5(8-7-4)12(6,9)10/h8-10H,2-7,11H2,1H3,(H,20,23);7H,1-6H2;2-3H,1H3,(H2,6,9,10). The first kappa shape index (κ1) is 38.5. The van der Waals surface area contributed by atoms with Crippen molar-refractivity contribution >= 4 is 31.5 Å². The average molecular weight is 776 g/mol. The molecule has 2 aromatic heterocycles. The van der Waals surface area contributed by atoms with E-state index in [0.29, 0.717) is 0 Å². The molecular weight excluding hydrogens is 735 g/mol. The molecule has 0 fully saturated rings. The topological polar surface area (TPSA) is 226 Å². The summed E-state index contributed by atoms with van der Waals surface area (Å²) < 4.78 is 61.1. The summed E-state index contributed by atoms with van der Waals surface area (Å²) in [6.45, 7) is 0. The predicted molar refractivity (Wildman–Crippen MR) is 196 cm³/mol. The van der Waals surface area contributed by atoms with Gasteiger partial charge in [-0.15, -0.1) is 25.7 Å². The number of nitrogens with zero attached hydrogens (tertiary/aromatic N) is 5. The number of benzene rings is 2. The predicted octanol–water partition coefficient (Wildman–Crippen LogP) is 3.53. The number of sulfonamides is 1. The number of rotatable bonds is 8. The summed E-state index contributed by atoms with van der Waals surface area (Å²) in [4.78, 5) is 12.6. The molecule has 4 aromatic rings. The summed E-state index contributed by atoms with van der Waals surface area (Å²) in [5.41, 5.74) is 11.2. The number of carbonyl (C=O) groups is 1. The van der Waals surface area contributed by atoms with Gasteiger partial charge in [0.05, 0.1) is 14.2 Å². The molecule has 1 amide bonds. The van der Waals surface area contributed by atoms with Gasteiger partial charge in [0.2, 0.25) is 27.5 Å². The van der Waals surface area contributed by atoms with Crippen molar-refractivity contribution < 1.29 is 35.8 Å². The molecule has 4 aliphatic rings. The fourth-order valence-electron chi connectivity index (χ4n) is 7.47. The van der Waals surface area contributed by atoms with Crippen LogP contribution in [0.15, 0.2) is 46.5 Å². The molecule has 0 saturated carbocycles. The second-order valence-corrected chi connectivity index (χ2v) is 16.7. The third kappa shape index (κ3) is 8.61. The Balaban J connectivity index is 0.000000154. The third-order valence-corrected chi connectivity index (χ3v) is 12.2. The van der Waals surface area contributed by atoms with E-state index in [1.165, 1.54) is 95.8 Å². The average Bonchev–Trinajstić information content (AvgIpc) is 3.99. The highest BCUT2D eigenvalue weighted by Gasteiger charge is 2.28. The van der Waals surface area contributed by atoms with Gasteiger partial charge in [-0.25, -0.2) is 22.0 Å². The van der Waals surface area contributed by atoms with Crippen LogP contribution >= 0.6 is 0 Å². The van der Waals surface area contributed by atoms with Gasteiger partial charge in [-0.3, -0.25) is 4.79 Å². The number of nitriles is 1. The number of hydrogen-bond donors (Lipinski definition) is 2. The molecule has 0 atom stereocenters. The summed E-state index contributed by atoms with van der Waals surface area (Å²) in [7, 11) is -4.81. The summed E-state index contributed by atoms with van der Waals surface area (Å²) in [6.07, 6.45) is 14.8. The van der Waals surface area contributed by atoms with E-state index >= 15 is 0 Å². The molecule has 3 N–H and O–H groups in total. The van der Waals surface area contributed by atoms with Crippen molar-refractivity contribution in [2.45, 2.75) is 87.1 Å². The molecule has 0 unspecified atom stereocenters. The van der Waals surface area contributed by atoms with Crippen LogP contribution in [0, 0.1) is 11.5 Å². The summed E-state index contributed by atoms with van der Waals surface area (Å²) >= 11 is 0. The highest BCUT2D eigenvalue weighted by molar-refractivity contribution is 7.92. The largest absolute Gasteiger partial charge is 0.480 e. The molecule has 284 valence electrons. The first-order chi connectivity index (χ1) is 25.9. The van der Waals surface area contributed by atoms with E-state index in [2.05, 4.69) is 42.6 Å². The summed E-state index contributed by atoms with van der Waals surface area (Å²) in [5, 5.41) is 30.0. The van der Waals surface area contributed by atoms with Crippen molar-refractivity contribution in [1.82, 2.24) is 20.4 Å². The molecule has 2 heterocycles. The third-order valence-electron chi connectivity index (χ3n) is 9.88. The van der Waals surface area contributed by atoms with Gasteiger partial charge in [-0.1, -0.05) is 12.1 Å². The van der Waals surface area contributed by atoms with Crippen molar-refractivity contribution in [1.29, 1.82) is 5.26 Å². The molecule has 0 bridgehead atoms. The van der Waals surface area contributed by atoms with E-state index in [-0.39, 0.29) is 21.8 Å². The maximum absolute atomic E-state index is 12.6. The molecule has 15 nitrogen and oxygen atoms in total. The molecule has 8 rings (SSSR count). The first-order valence-corrected chi connectivity index (χ1v) is 20.8. The quantitative estimate of drug-likeness (QED) is 0.245. The van der Waals surface area contributed by atoms with Gasteiger partial charge in [-0.2, -0.15) is 0 Å². The van der Waals surface area contributed by atoms with Crippen LogP contribution in [-0.4, -0.2) is 63.1 Å². The Hall–Kier alpha value is -5.18. The van der Waals surface area contributed by atoms with Crippen LogP contribution in [0.4, 0.5) is 5.69 Å². The van der Waals surface area contributed by atoms with Gasteiger partial charge >= 0.3 is 0 Å². The normalized spacial score (nSPS) is 14.9. The van der Waals surface area contributed by atoms with Crippen molar-refractivity contribution in [3.8, 4) is 23.8 Å². The number of sulfone groups is 1. The second kappa shape index (κ2) is 16.5. The number of carbonyl (C=O) groups excluding carboxylic acids is 1. The minimum Gasteiger partial charge on any atom is -0.480 e. The summed E-state index contributed by atoms with van der Waals surface area (Å²) in [5.74, 6) is 0.158. The van der Waals surface area contributed by atoms with Crippen molar-refractivity contribution in [2.75, 3.05) is 25.3 Å². The maximum atomic E-state index is 12.6. The fraction of sp³-hybridized carbons (Fsp3) is 0.405. The lowest BCUT2D eigenvalue weighted by molar-refractivity contribution is -0.113. The zero-order chi connectivity index (χ0) is 38.5. The van der Waals surface area contributed by atoms with E-state index < -0.39 is 31.5 Å². The minimum absolute atomic E-state index is 0.216. The Morgan fingerprint density at radius 2 is 1.15 bits per heavy atom. The number of fused-ring (bicyclic) bond motifs is 4. The van der Waals surface area contributed by atoms with Gasteiger partial charge in [0.1, 0.15) is 11.5 Å². The smallest absolute Gasteiger partial charge is 0.292 e. The van der Waals surface area contributed by atoms with Crippen molar-refractivity contribution in [3.05, 3.63) is 80.9 Å². The van der Waals surface area contributed by atoms with E-state index in [4.69, 9.17) is 19.9 Å². The van der Waals surface area contributed by atoms with Crippen LogP contribution in [0.1, 0.15) is 70.2 Å². The van der Waals surface area contributed by atoms with Crippen LogP contribution < -0.4 is 24.7 Å². The number of nitrogens with two attached hydrogens (primary N) is 1. The van der Waals surface area contributed by atoms with Crippen LogP contribution in [-0.2, 0) is 76.0 Å². The number of aryl methyl sites for hydroxylation is 4. The molecule has 0 spiro atoms. The van der Waals surface area contributed by atoms with E-state index in [1.54, 1.807) is 0 Å². The zero-order valence-electron chi connectivity index (χ0n) is 30.1. The molecule has 0 saturated heterocycles. The minimum atomic E-state index is -3.87. The van der Waals surface area contributed by atoms with Gasteiger partial charge in [0.15, 0.2) is 10.1 Å². The maximum Gasteiger partial charge on any atom is 0.292 e. The van der Waals surface area contributed by atoms with Gasteiger partial charge in [0.25, 0.3) is 16.3 Å². The zero-order valence-corrected chi connectivity index (χ0v) is 31.7. The Morgan fingerprint density at radius 3 is 1.56 bits per heavy atom. The molecule has 17 heteroatoms. The molecule has 0 radical (unpaired) electrons. The van der Waals surface area contributed by atoms with Crippen LogP contribution in [0.5, 0.6) is 17.5 Å². The molecule has 54 heavy (non-hydrogen) atoms. The van der Waals surface area contributed by atoms with Gasteiger partial charge in [-0.05, 0) is 134 Å². The highest BCUT2D eigenvalue weighted by Crippen LogP contribution is 2.40. The molecule has 4 aliphatic carbocycles. The monoisotopic (exact) mass is 775 g/mol. The lowest BCUT2D eigenvalue weighted by Gasteiger charge is -2.16. The fourth-order valence-corrected chi connectivity index (χ4v) is 8.89. The molecular formula is C37H41N7O8S2. The highest BCUT2D eigenvalue weighted by atomic mass is 32.2. The molecule has 0 aliphatic heterocycles. The number of ether oxygens (including phenoxy) is 3. The Kier molecular flexibility index (Phi) is 11.7. The lowest BCUT2D eigenvalue weighted by Crippen LogP contribution is -2.25.